The van der Waals surface area contributed by atoms with E-state index in [1.165, 1.54) is 11.8 Å². The number of anilines is 1. The van der Waals surface area contributed by atoms with E-state index < -0.39 is 0 Å². The molecule has 0 aliphatic rings. The van der Waals surface area contributed by atoms with Gasteiger partial charge in [-0.15, -0.1) is 0 Å². The van der Waals surface area contributed by atoms with Gasteiger partial charge in [0.1, 0.15) is 0 Å². The van der Waals surface area contributed by atoms with Crippen molar-refractivity contribution >= 4 is 35.1 Å². The molecule has 0 spiro atoms. The zero-order chi connectivity index (χ0) is 15.9. The van der Waals surface area contributed by atoms with Gasteiger partial charge in [-0.2, -0.15) is 5.26 Å². The van der Waals surface area contributed by atoms with Crippen LogP contribution >= 0.6 is 23.4 Å². The monoisotopic (exact) mass is 331 g/mol. The number of carbonyl (C=O) groups is 1. The average molecular weight is 332 g/mol. The highest BCUT2D eigenvalue weighted by Gasteiger charge is 2.05. The third kappa shape index (κ3) is 4.42. The lowest BCUT2D eigenvalue weighted by molar-refractivity contribution is 0.252. The van der Waals surface area contributed by atoms with Gasteiger partial charge >= 0.3 is 6.03 Å². The number of halogens is 1. The molecule has 0 aromatic heterocycles. The molecule has 4 nitrogen and oxygen atoms in total. The standard InChI is InChI=1S/C16H14ClN3OS/c1-2-19-16(21)20-12-4-6-13(7-5-12)22-15-8-3-11(10-18)9-14(15)17/h3-9H,2H2,1H3,(H2,19,20,21). The zero-order valence-electron chi connectivity index (χ0n) is 11.9. The van der Waals surface area contributed by atoms with E-state index in [0.29, 0.717) is 17.1 Å². The van der Waals surface area contributed by atoms with Gasteiger partial charge in [0.2, 0.25) is 0 Å². The Balaban J connectivity index is 2.05. The molecule has 0 unspecified atom stereocenters. The summed E-state index contributed by atoms with van der Waals surface area (Å²) >= 11 is 7.66. The molecule has 0 heterocycles. The highest BCUT2D eigenvalue weighted by atomic mass is 35.5. The van der Waals surface area contributed by atoms with Crippen LogP contribution in [-0.2, 0) is 0 Å². The van der Waals surface area contributed by atoms with Crippen LogP contribution < -0.4 is 10.6 Å². The second kappa shape index (κ2) is 7.74. The molecular weight excluding hydrogens is 318 g/mol. The van der Waals surface area contributed by atoms with Crippen molar-refractivity contribution < 1.29 is 4.79 Å². The van der Waals surface area contributed by atoms with E-state index in [1.54, 1.807) is 12.1 Å². The summed E-state index contributed by atoms with van der Waals surface area (Å²) in [5.74, 6) is 0. The Bertz CT molecular complexity index is 710. The Morgan fingerprint density at radius 2 is 2.00 bits per heavy atom. The lowest BCUT2D eigenvalue weighted by Gasteiger charge is -2.08. The smallest absolute Gasteiger partial charge is 0.319 e. The lowest BCUT2D eigenvalue weighted by atomic mass is 10.2. The molecule has 2 aromatic rings. The van der Waals surface area contributed by atoms with Crippen LogP contribution in [0.4, 0.5) is 10.5 Å². The Labute approximate surface area is 138 Å². The molecule has 0 fully saturated rings. The van der Waals surface area contributed by atoms with Crippen LogP contribution in [0.25, 0.3) is 0 Å². The molecule has 2 rings (SSSR count). The number of rotatable bonds is 4. The molecule has 0 bridgehead atoms. The third-order valence-corrected chi connectivity index (χ3v) is 4.25. The van der Waals surface area contributed by atoms with Gasteiger partial charge in [-0.25, -0.2) is 4.79 Å². The SMILES string of the molecule is CCNC(=O)Nc1ccc(Sc2ccc(C#N)cc2Cl)cc1. The highest BCUT2D eigenvalue weighted by molar-refractivity contribution is 7.99. The Kier molecular flexibility index (Phi) is 5.70. The van der Waals surface area contributed by atoms with Crippen LogP contribution in [-0.4, -0.2) is 12.6 Å². The predicted molar refractivity (Wildman–Crippen MR) is 89.4 cm³/mol. The molecule has 2 aromatic carbocycles. The van der Waals surface area contributed by atoms with Gasteiger partial charge in [-0.3, -0.25) is 0 Å². The molecule has 22 heavy (non-hydrogen) atoms. The Morgan fingerprint density at radius 1 is 1.27 bits per heavy atom. The van der Waals surface area contributed by atoms with Crippen molar-refractivity contribution in [2.24, 2.45) is 0 Å². The van der Waals surface area contributed by atoms with Crippen LogP contribution in [0.5, 0.6) is 0 Å². The quantitative estimate of drug-likeness (QED) is 0.866. The minimum absolute atomic E-state index is 0.224. The van der Waals surface area contributed by atoms with Gasteiger partial charge in [-0.05, 0) is 49.4 Å². The molecule has 6 heteroatoms. The van der Waals surface area contributed by atoms with Crippen LogP contribution in [0.15, 0.2) is 52.3 Å². The van der Waals surface area contributed by atoms with E-state index in [-0.39, 0.29) is 6.03 Å². The minimum Gasteiger partial charge on any atom is -0.338 e. The fourth-order valence-electron chi connectivity index (χ4n) is 1.72. The van der Waals surface area contributed by atoms with Gasteiger partial charge in [-0.1, -0.05) is 23.4 Å². The number of nitrogens with zero attached hydrogens (tertiary/aromatic N) is 1. The molecule has 0 radical (unpaired) electrons. The Morgan fingerprint density at radius 3 is 2.59 bits per heavy atom. The maximum atomic E-state index is 11.4. The van der Waals surface area contributed by atoms with E-state index in [4.69, 9.17) is 16.9 Å². The molecule has 0 aliphatic carbocycles. The first-order valence-corrected chi connectivity index (χ1v) is 7.84. The third-order valence-electron chi connectivity index (χ3n) is 2.74. The molecule has 0 atom stereocenters. The maximum absolute atomic E-state index is 11.4. The summed E-state index contributed by atoms with van der Waals surface area (Å²) in [6.45, 7) is 2.44. The number of amides is 2. The summed E-state index contributed by atoms with van der Waals surface area (Å²) < 4.78 is 0. The summed E-state index contributed by atoms with van der Waals surface area (Å²) in [5, 5.41) is 14.8. The predicted octanol–water partition coefficient (Wildman–Crippen LogP) is 4.50. The van der Waals surface area contributed by atoms with Gasteiger partial charge in [0.15, 0.2) is 0 Å². The number of benzene rings is 2. The summed E-state index contributed by atoms with van der Waals surface area (Å²) in [7, 11) is 0. The normalized spacial score (nSPS) is 9.86. The van der Waals surface area contributed by atoms with Crippen molar-refractivity contribution in [3.8, 4) is 6.07 Å². The van der Waals surface area contributed by atoms with Gasteiger partial charge in [0, 0.05) is 22.0 Å². The largest absolute Gasteiger partial charge is 0.338 e. The first kappa shape index (κ1) is 16.2. The zero-order valence-corrected chi connectivity index (χ0v) is 13.5. The molecule has 112 valence electrons. The first-order valence-electron chi connectivity index (χ1n) is 6.65. The van der Waals surface area contributed by atoms with Gasteiger partial charge in [0.25, 0.3) is 0 Å². The van der Waals surface area contributed by atoms with E-state index >= 15 is 0 Å². The first-order chi connectivity index (χ1) is 10.6. The van der Waals surface area contributed by atoms with E-state index in [1.807, 2.05) is 37.3 Å². The van der Waals surface area contributed by atoms with Crippen LogP contribution in [0.2, 0.25) is 5.02 Å². The summed E-state index contributed by atoms with van der Waals surface area (Å²) in [6, 6.07) is 14.5. The lowest BCUT2D eigenvalue weighted by Crippen LogP contribution is -2.28. The van der Waals surface area contributed by atoms with Crippen molar-refractivity contribution in [3.05, 3.63) is 53.1 Å². The minimum atomic E-state index is -0.224. The van der Waals surface area contributed by atoms with Crippen LogP contribution in [0.1, 0.15) is 12.5 Å². The Hall–Kier alpha value is -2.16. The average Bonchev–Trinajstić information content (AvgIpc) is 2.51. The topological polar surface area (TPSA) is 64.9 Å². The van der Waals surface area contributed by atoms with E-state index in [9.17, 15) is 4.79 Å². The van der Waals surface area contributed by atoms with Crippen molar-refractivity contribution in [2.45, 2.75) is 16.7 Å². The second-order valence-electron chi connectivity index (χ2n) is 4.37. The van der Waals surface area contributed by atoms with Crippen LogP contribution in [0.3, 0.4) is 0 Å². The maximum Gasteiger partial charge on any atom is 0.319 e. The van der Waals surface area contributed by atoms with Crippen molar-refractivity contribution in [1.29, 1.82) is 5.26 Å². The van der Waals surface area contributed by atoms with E-state index in [0.717, 1.165) is 15.5 Å². The summed E-state index contributed by atoms with van der Waals surface area (Å²) in [5.41, 5.74) is 1.26. The number of carbonyl (C=O) groups excluding carboxylic acids is 1. The molecule has 2 N–H and O–H groups in total. The second-order valence-corrected chi connectivity index (χ2v) is 5.89. The van der Waals surface area contributed by atoms with Gasteiger partial charge < -0.3 is 10.6 Å². The number of urea groups is 1. The van der Waals surface area contributed by atoms with Crippen LogP contribution in [0, 0.1) is 11.3 Å². The number of hydrogen-bond donors (Lipinski definition) is 2. The number of nitriles is 1. The van der Waals surface area contributed by atoms with Crippen molar-refractivity contribution in [1.82, 2.24) is 5.32 Å². The summed E-state index contributed by atoms with van der Waals surface area (Å²) in [4.78, 5) is 13.3. The van der Waals surface area contributed by atoms with Gasteiger partial charge in [0.05, 0.1) is 16.7 Å². The summed E-state index contributed by atoms with van der Waals surface area (Å²) in [6.07, 6.45) is 0. The number of nitrogens with one attached hydrogen (secondary N) is 2. The van der Waals surface area contributed by atoms with E-state index in [2.05, 4.69) is 16.7 Å². The fraction of sp³-hybridized carbons (Fsp3) is 0.125. The highest BCUT2D eigenvalue weighted by Crippen LogP contribution is 2.34. The molecule has 0 saturated carbocycles. The fourth-order valence-corrected chi connectivity index (χ4v) is 2.84. The van der Waals surface area contributed by atoms with Crippen molar-refractivity contribution in [3.63, 3.8) is 0 Å². The molecular formula is C16H14ClN3OS. The molecule has 2 amide bonds. The number of hydrogen-bond acceptors (Lipinski definition) is 3. The van der Waals surface area contributed by atoms with Crippen molar-refractivity contribution in [2.75, 3.05) is 11.9 Å². The molecule has 0 saturated heterocycles. The molecule has 0 aliphatic heterocycles.